The summed E-state index contributed by atoms with van der Waals surface area (Å²) in [4.78, 5) is 88.1. The highest BCUT2D eigenvalue weighted by Crippen LogP contribution is 2.30. The van der Waals surface area contributed by atoms with Crippen LogP contribution < -0.4 is 26.6 Å². The standard InChI is InChI=1S/C47H69N9O6S/c1-13-18-32(55-62-24-14-2)26-33(45-48-22-25-63-45)50-42(59)36(30(6)31-19-16-15-17-20-31)52-44(61)39(47(10,11)12)53-40-38(46(7,8)9)54-41(58)35(28(3)4)51-43(60)37-29(5)21-23-56(37)34(57)27-49-40/h2,15-17,19-20,22,25,28-30,33,35-39H,13,18,21,23-24,26-27H2,1,3-12H3,(H,49,53)(H,50,59)(H,51,60)(H,52,61)(H,54,58)/b55-32+/t29-,30+,33-,35+,36?,37+,38?,39?/m1/s1. The van der Waals surface area contributed by atoms with E-state index >= 15 is 0 Å². The Balaban J connectivity index is 1.79. The molecule has 0 radical (unpaired) electrons. The summed E-state index contributed by atoms with van der Waals surface area (Å²) < 4.78 is 0. The molecule has 2 aliphatic rings. The fourth-order valence-electron chi connectivity index (χ4n) is 7.94. The quantitative estimate of drug-likeness (QED) is 0.0705. The zero-order chi connectivity index (χ0) is 46.6. The van der Waals surface area contributed by atoms with E-state index in [-0.39, 0.29) is 42.6 Å². The zero-order valence-electron chi connectivity index (χ0n) is 38.9. The Morgan fingerprint density at radius 2 is 1.73 bits per heavy atom. The van der Waals surface area contributed by atoms with Crippen LogP contribution in [0.4, 0.5) is 0 Å². The lowest BCUT2D eigenvalue weighted by molar-refractivity contribution is -0.140. The van der Waals surface area contributed by atoms with Gasteiger partial charge in [-0.3, -0.25) is 29.0 Å². The summed E-state index contributed by atoms with van der Waals surface area (Å²) in [6.45, 7) is 21.1. The number of benzene rings is 1. The summed E-state index contributed by atoms with van der Waals surface area (Å²) >= 11 is 1.39. The number of nitrogens with zero attached hydrogens (tertiary/aromatic N) is 4. The van der Waals surface area contributed by atoms with E-state index in [9.17, 15) is 24.0 Å². The largest absolute Gasteiger partial charge is 0.383 e. The third-order valence-corrected chi connectivity index (χ3v) is 12.4. The molecule has 0 aliphatic carbocycles. The van der Waals surface area contributed by atoms with Crippen LogP contribution in [0.25, 0.3) is 0 Å². The summed E-state index contributed by atoms with van der Waals surface area (Å²) in [5.74, 6) is -0.289. The average molecular weight is 888 g/mol. The molecule has 16 heteroatoms. The van der Waals surface area contributed by atoms with Gasteiger partial charge in [-0.2, -0.15) is 0 Å². The average Bonchev–Trinajstić information content (AvgIpc) is 3.90. The van der Waals surface area contributed by atoms with Gasteiger partial charge in [0, 0.05) is 30.5 Å². The van der Waals surface area contributed by atoms with E-state index in [1.54, 1.807) is 11.1 Å². The van der Waals surface area contributed by atoms with E-state index in [2.05, 4.69) is 42.6 Å². The number of aliphatic imine (C=N–C) groups is 1. The maximum atomic E-state index is 15.0. The molecule has 2 fully saturated rings. The highest BCUT2D eigenvalue weighted by Gasteiger charge is 2.44. The molecule has 1 aromatic carbocycles. The summed E-state index contributed by atoms with van der Waals surface area (Å²) in [7, 11) is 0. The molecular formula is C47H69N9O6S. The Morgan fingerprint density at radius 1 is 1.03 bits per heavy atom. The minimum Gasteiger partial charge on any atom is -0.383 e. The van der Waals surface area contributed by atoms with Crippen LogP contribution >= 0.6 is 11.3 Å². The van der Waals surface area contributed by atoms with Crippen LogP contribution in [-0.4, -0.2) is 101 Å². The van der Waals surface area contributed by atoms with Crippen LogP contribution in [0.3, 0.4) is 0 Å². The van der Waals surface area contributed by atoms with Crippen molar-refractivity contribution < 1.29 is 28.8 Å². The highest BCUT2D eigenvalue weighted by molar-refractivity contribution is 7.09. The topological polar surface area (TPSA) is 196 Å². The second kappa shape index (κ2) is 22.4. The normalized spacial score (nSPS) is 22.8. The first kappa shape index (κ1) is 50.3. The SMILES string of the molecule is C#CCO/N=C(\CCC)C[C@@H](NC(=O)C(NC(=O)C(/N=C1\NCC(=O)N2CC[C@@H](C)[C@H]2C(=O)N[C@@H](C(C)C)C(=O)NC1C(C)(C)C)C(C)(C)C)[C@@H](C)c1ccccc1)c1nccs1. The molecule has 2 aliphatic heterocycles. The fourth-order valence-corrected chi connectivity index (χ4v) is 8.63. The number of carbonyl (C=O) groups excluding carboxylic acids is 5. The fraction of sp³-hybridized carbons (Fsp3) is 0.617. The molecule has 5 N–H and O–H groups in total. The van der Waals surface area contributed by atoms with Crippen LogP contribution in [-0.2, 0) is 28.8 Å². The van der Waals surface area contributed by atoms with Gasteiger partial charge in [0.1, 0.15) is 35.0 Å². The Hall–Kier alpha value is -5.30. The second-order valence-corrected chi connectivity index (χ2v) is 20.1. The van der Waals surface area contributed by atoms with E-state index in [1.807, 2.05) is 112 Å². The number of hydrogen-bond donors (Lipinski definition) is 5. The van der Waals surface area contributed by atoms with Gasteiger partial charge < -0.3 is 36.3 Å². The number of aromatic nitrogens is 1. The smallest absolute Gasteiger partial charge is 0.246 e. The number of amides is 5. The first-order valence-electron chi connectivity index (χ1n) is 22.1. The van der Waals surface area contributed by atoms with E-state index in [0.29, 0.717) is 36.5 Å². The number of carbonyl (C=O) groups is 5. The van der Waals surface area contributed by atoms with Crippen LogP contribution in [0, 0.1) is 35.0 Å². The molecule has 0 bridgehead atoms. The highest BCUT2D eigenvalue weighted by atomic mass is 32.1. The van der Waals surface area contributed by atoms with Crippen molar-refractivity contribution in [3.8, 4) is 12.3 Å². The molecule has 15 nitrogen and oxygen atoms in total. The Kier molecular flexibility index (Phi) is 17.9. The summed E-state index contributed by atoms with van der Waals surface area (Å²) in [5, 5.41) is 22.4. The van der Waals surface area contributed by atoms with Gasteiger partial charge >= 0.3 is 0 Å². The molecule has 0 spiro atoms. The van der Waals surface area contributed by atoms with Crippen LogP contribution in [0.2, 0.25) is 0 Å². The number of thiazole rings is 1. The van der Waals surface area contributed by atoms with Crippen LogP contribution in [0.1, 0.15) is 124 Å². The number of rotatable bonds is 15. The van der Waals surface area contributed by atoms with Gasteiger partial charge in [0.2, 0.25) is 29.5 Å². The zero-order valence-corrected chi connectivity index (χ0v) is 39.7. The van der Waals surface area contributed by atoms with Gasteiger partial charge in [-0.15, -0.1) is 17.8 Å². The third kappa shape index (κ3) is 13.6. The summed E-state index contributed by atoms with van der Waals surface area (Å²) in [6.07, 6.45) is 9.40. The first-order chi connectivity index (χ1) is 29.7. The van der Waals surface area contributed by atoms with E-state index in [1.165, 1.54) is 11.3 Å². The van der Waals surface area contributed by atoms with Crippen molar-refractivity contribution in [1.29, 1.82) is 0 Å². The number of nitrogens with one attached hydrogen (secondary N) is 5. The van der Waals surface area contributed by atoms with Crippen LogP contribution in [0.5, 0.6) is 0 Å². The molecular weight excluding hydrogens is 819 g/mol. The van der Waals surface area contributed by atoms with Crippen LogP contribution in [0.15, 0.2) is 52.1 Å². The molecule has 3 unspecified atom stereocenters. The minimum atomic E-state index is -1.12. The van der Waals surface area contributed by atoms with Gasteiger partial charge in [-0.1, -0.05) is 124 Å². The van der Waals surface area contributed by atoms with Gasteiger partial charge in [-0.25, -0.2) is 4.98 Å². The number of fused-ring (bicyclic) bond motifs is 1. The second-order valence-electron chi connectivity index (χ2n) is 19.2. The van der Waals surface area contributed by atoms with Crippen molar-refractivity contribution in [2.45, 2.75) is 144 Å². The molecule has 0 saturated carbocycles. The number of hydrogen-bond acceptors (Lipinski definition) is 10. The number of oxime groups is 1. The first-order valence-corrected chi connectivity index (χ1v) is 22.9. The molecule has 1 aromatic heterocycles. The maximum Gasteiger partial charge on any atom is 0.246 e. The van der Waals surface area contributed by atoms with Gasteiger partial charge in [0.25, 0.3) is 0 Å². The number of amidine groups is 1. The van der Waals surface area contributed by atoms with Crippen molar-refractivity contribution >= 4 is 52.4 Å². The lowest BCUT2D eigenvalue weighted by atomic mass is 9.83. The summed E-state index contributed by atoms with van der Waals surface area (Å²) in [6, 6.07) is 4.21. The lowest BCUT2D eigenvalue weighted by Crippen LogP contribution is -2.63. The molecule has 4 rings (SSSR count). The van der Waals surface area contributed by atoms with Gasteiger partial charge in [-0.05, 0) is 41.1 Å². The summed E-state index contributed by atoms with van der Waals surface area (Å²) in [5.41, 5.74) is 0.0151. The van der Waals surface area contributed by atoms with E-state index in [0.717, 1.165) is 12.0 Å². The predicted octanol–water partition coefficient (Wildman–Crippen LogP) is 5.11. The molecule has 344 valence electrons. The van der Waals surface area contributed by atoms with Crippen molar-refractivity contribution in [2.24, 2.45) is 32.8 Å². The monoisotopic (exact) mass is 888 g/mol. The Labute approximate surface area is 377 Å². The molecule has 3 heterocycles. The Bertz CT molecular complexity index is 1980. The van der Waals surface area contributed by atoms with Crippen molar-refractivity contribution in [2.75, 3.05) is 19.7 Å². The molecule has 8 atom stereocenters. The Morgan fingerprint density at radius 3 is 2.32 bits per heavy atom. The van der Waals surface area contributed by atoms with Crippen molar-refractivity contribution in [3.05, 3.63) is 52.5 Å². The third-order valence-electron chi connectivity index (χ3n) is 11.5. The predicted molar refractivity (Wildman–Crippen MR) is 248 cm³/mol. The van der Waals surface area contributed by atoms with Crippen molar-refractivity contribution in [3.63, 3.8) is 0 Å². The number of terminal acetylenes is 1. The molecule has 63 heavy (non-hydrogen) atoms. The molecule has 5 amide bonds. The van der Waals surface area contributed by atoms with Crippen molar-refractivity contribution in [1.82, 2.24) is 36.5 Å². The van der Waals surface area contributed by atoms with Gasteiger partial charge in [0.15, 0.2) is 6.61 Å². The molecule has 2 saturated heterocycles. The molecule has 2 aromatic rings. The lowest BCUT2D eigenvalue weighted by Gasteiger charge is -2.38. The van der Waals surface area contributed by atoms with E-state index in [4.69, 9.17) is 16.3 Å². The van der Waals surface area contributed by atoms with Gasteiger partial charge in [0.05, 0.1) is 24.3 Å². The van der Waals surface area contributed by atoms with E-state index < -0.39 is 70.7 Å². The maximum absolute atomic E-state index is 15.0. The minimum absolute atomic E-state index is 0.00684.